The minimum Gasteiger partial charge on any atom is -0.390 e. The van der Waals surface area contributed by atoms with Crippen LogP contribution in [0.3, 0.4) is 0 Å². The molecule has 2 aliphatic rings. The fraction of sp³-hybridized carbons (Fsp3) is 0.409. The lowest BCUT2D eigenvalue weighted by Crippen LogP contribution is -2.54. The van der Waals surface area contributed by atoms with Crippen LogP contribution in [0.4, 0.5) is 0 Å². The highest BCUT2D eigenvalue weighted by Crippen LogP contribution is 2.34. The minimum atomic E-state index is -0.497. The number of rotatable bonds is 4. The third-order valence-electron chi connectivity index (χ3n) is 5.70. The summed E-state index contributed by atoms with van der Waals surface area (Å²) in [5.41, 5.74) is 1.97. The van der Waals surface area contributed by atoms with Gasteiger partial charge in [0, 0.05) is 12.0 Å². The summed E-state index contributed by atoms with van der Waals surface area (Å²) >= 11 is 0. The molecular formula is C22H25NO3. The third kappa shape index (κ3) is 3.53. The lowest BCUT2D eigenvalue weighted by molar-refractivity contribution is -0.132. The largest absolute Gasteiger partial charge is 0.390 e. The minimum absolute atomic E-state index is 0.00421. The van der Waals surface area contributed by atoms with Crippen molar-refractivity contribution in [3.05, 3.63) is 71.8 Å². The maximum absolute atomic E-state index is 13.3. The van der Waals surface area contributed by atoms with E-state index < -0.39 is 6.10 Å². The summed E-state index contributed by atoms with van der Waals surface area (Å²) < 4.78 is 5.64. The second-order valence-corrected chi connectivity index (χ2v) is 7.37. The molecule has 2 N–H and O–H groups in total. The van der Waals surface area contributed by atoms with Gasteiger partial charge in [0.05, 0.1) is 24.7 Å². The number of ether oxygens (including phenoxy) is 1. The van der Waals surface area contributed by atoms with Crippen molar-refractivity contribution >= 4 is 5.91 Å². The molecular weight excluding hydrogens is 326 g/mol. The molecule has 4 heteroatoms. The lowest BCUT2D eigenvalue weighted by atomic mass is 9.77. The van der Waals surface area contributed by atoms with Gasteiger partial charge in [-0.25, -0.2) is 0 Å². The van der Waals surface area contributed by atoms with Crippen LogP contribution in [-0.4, -0.2) is 35.9 Å². The van der Waals surface area contributed by atoms with Crippen molar-refractivity contribution in [3.63, 3.8) is 0 Å². The first-order chi connectivity index (χ1) is 12.7. The molecule has 2 aromatic rings. The first-order valence-corrected chi connectivity index (χ1v) is 9.42. The van der Waals surface area contributed by atoms with Crippen molar-refractivity contribution in [3.8, 4) is 0 Å². The number of nitrogens with one attached hydrogen (secondary N) is 1. The van der Waals surface area contributed by atoms with Crippen LogP contribution in [0, 0.1) is 5.92 Å². The number of hydrogen-bond acceptors (Lipinski definition) is 3. The average Bonchev–Trinajstić information content (AvgIpc) is 2.68. The molecule has 1 saturated carbocycles. The molecule has 4 nitrogen and oxygen atoms in total. The van der Waals surface area contributed by atoms with Gasteiger partial charge in [-0.05, 0) is 30.4 Å². The van der Waals surface area contributed by atoms with Gasteiger partial charge in [-0.3, -0.25) is 4.79 Å². The van der Waals surface area contributed by atoms with Gasteiger partial charge in [0.1, 0.15) is 0 Å². The van der Waals surface area contributed by atoms with Crippen LogP contribution in [0.25, 0.3) is 0 Å². The van der Waals surface area contributed by atoms with Crippen LogP contribution in [0.2, 0.25) is 0 Å². The summed E-state index contributed by atoms with van der Waals surface area (Å²) in [6.45, 7) is 0.377. The Balaban J connectivity index is 1.57. The molecule has 0 unspecified atom stereocenters. The third-order valence-corrected chi connectivity index (χ3v) is 5.70. The topological polar surface area (TPSA) is 58.6 Å². The average molecular weight is 351 g/mol. The molecule has 4 atom stereocenters. The second kappa shape index (κ2) is 7.60. The predicted octanol–water partition coefficient (Wildman–Crippen LogP) is 2.86. The highest BCUT2D eigenvalue weighted by atomic mass is 16.5. The zero-order valence-electron chi connectivity index (χ0n) is 14.8. The first-order valence-electron chi connectivity index (χ1n) is 9.42. The quantitative estimate of drug-likeness (QED) is 0.890. The zero-order chi connectivity index (χ0) is 17.9. The molecule has 26 heavy (non-hydrogen) atoms. The zero-order valence-corrected chi connectivity index (χ0v) is 14.8. The van der Waals surface area contributed by atoms with Gasteiger partial charge in [-0.15, -0.1) is 0 Å². The molecule has 2 bridgehead atoms. The Labute approximate surface area is 154 Å². The summed E-state index contributed by atoms with van der Waals surface area (Å²) in [7, 11) is 0. The smallest absolute Gasteiger partial charge is 0.232 e. The molecule has 1 aliphatic heterocycles. The van der Waals surface area contributed by atoms with E-state index in [9.17, 15) is 9.90 Å². The van der Waals surface area contributed by atoms with E-state index in [0.717, 1.165) is 30.4 Å². The Kier molecular flexibility index (Phi) is 5.05. The number of aliphatic hydroxyl groups excluding tert-OH is 1. The summed E-state index contributed by atoms with van der Waals surface area (Å²) in [5, 5.41) is 13.5. The van der Waals surface area contributed by atoms with E-state index in [4.69, 9.17) is 4.74 Å². The van der Waals surface area contributed by atoms with Gasteiger partial charge in [0.15, 0.2) is 0 Å². The molecule has 136 valence electrons. The molecule has 0 radical (unpaired) electrons. The van der Waals surface area contributed by atoms with Crippen molar-refractivity contribution in [2.24, 2.45) is 5.92 Å². The number of carbonyl (C=O) groups excluding carboxylic acids is 1. The summed E-state index contributed by atoms with van der Waals surface area (Å²) in [6, 6.07) is 19.8. The van der Waals surface area contributed by atoms with Crippen LogP contribution in [0.1, 0.15) is 36.3 Å². The SMILES string of the molecule is O=C(N[C@@H]1CC[C@H]2C[C@@H]1[C@@H](O)CO2)C(c1ccccc1)c1ccccc1. The van der Waals surface area contributed by atoms with Crippen molar-refractivity contribution in [2.75, 3.05) is 6.61 Å². The molecule has 2 fully saturated rings. The number of carbonyl (C=O) groups is 1. The Hall–Kier alpha value is -2.17. The molecule has 2 aromatic carbocycles. The van der Waals surface area contributed by atoms with Crippen molar-refractivity contribution in [1.82, 2.24) is 5.32 Å². The van der Waals surface area contributed by atoms with Gasteiger partial charge in [0.2, 0.25) is 5.91 Å². The molecule has 1 amide bonds. The molecule has 1 saturated heterocycles. The van der Waals surface area contributed by atoms with E-state index in [-0.39, 0.29) is 29.9 Å². The Morgan fingerprint density at radius 1 is 1.00 bits per heavy atom. The number of fused-ring (bicyclic) bond motifs is 2. The molecule has 4 rings (SSSR count). The highest BCUT2D eigenvalue weighted by Gasteiger charge is 2.40. The molecule has 0 aromatic heterocycles. The van der Waals surface area contributed by atoms with Crippen LogP contribution in [0.5, 0.6) is 0 Å². The fourth-order valence-electron chi connectivity index (χ4n) is 4.33. The molecule has 1 heterocycles. The van der Waals surface area contributed by atoms with Crippen molar-refractivity contribution in [2.45, 2.75) is 43.4 Å². The Bertz CT molecular complexity index is 694. The fourth-order valence-corrected chi connectivity index (χ4v) is 4.33. The van der Waals surface area contributed by atoms with Crippen LogP contribution >= 0.6 is 0 Å². The first kappa shape index (κ1) is 17.3. The Morgan fingerprint density at radius 2 is 1.62 bits per heavy atom. The van der Waals surface area contributed by atoms with Gasteiger partial charge in [-0.1, -0.05) is 60.7 Å². The van der Waals surface area contributed by atoms with E-state index in [1.54, 1.807) is 0 Å². The maximum atomic E-state index is 13.3. The molecule has 0 spiro atoms. The van der Waals surface area contributed by atoms with E-state index in [0.29, 0.717) is 6.61 Å². The second-order valence-electron chi connectivity index (χ2n) is 7.37. The standard InChI is InChI=1S/C22H25NO3/c24-20-14-26-17-11-12-19(18(20)13-17)23-22(25)21(15-7-3-1-4-8-15)16-9-5-2-6-10-16/h1-10,17-21,24H,11-14H2,(H,23,25)/t17-,18-,19+,20-/m0/s1. The monoisotopic (exact) mass is 351 g/mol. The normalized spacial score (nSPS) is 27.9. The van der Waals surface area contributed by atoms with Crippen molar-refractivity contribution < 1.29 is 14.6 Å². The van der Waals surface area contributed by atoms with Gasteiger partial charge in [-0.2, -0.15) is 0 Å². The number of aliphatic hydroxyl groups is 1. The van der Waals surface area contributed by atoms with Crippen LogP contribution in [0.15, 0.2) is 60.7 Å². The van der Waals surface area contributed by atoms with E-state index in [1.165, 1.54) is 0 Å². The summed E-state index contributed by atoms with van der Waals surface area (Å²) in [4.78, 5) is 13.3. The Morgan fingerprint density at radius 3 is 2.23 bits per heavy atom. The molecule has 1 aliphatic carbocycles. The van der Waals surface area contributed by atoms with Crippen LogP contribution in [-0.2, 0) is 9.53 Å². The van der Waals surface area contributed by atoms with Gasteiger partial charge < -0.3 is 15.2 Å². The van der Waals surface area contributed by atoms with E-state index in [1.807, 2.05) is 60.7 Å². The van der Waals surface area contributed by atoms with Crippen LogP contribution < -0.4 is 5.32 Å². The van der Waals surface area contributed by atoms with Gasteiger partial charge >= 0.3 is 0 Å². The predicted molar refractivity (Wildman–Crippen MR) is 99.7 cm³/mol. The van der Waals surface area contributed by atoms with Crippen molar-refractivity contribution in [1.29, 1.82) is 0 Å². The van der Waals surface area contributed by atoms with E-state index in [2.05, 4.69) is 5.32 Å². The maximum Gasteiger partial charge on any atom is 0.232 e. The van der Waals surface area contributed by atoms with E-state index >= 15 is 0 Å². The summed E-state index contributed by atoms with van der Waals surface area (Å²) in [6.07, 6.45) is 2.36. The summed E-state index contributed by atoms with van der Waals surface area (Å²) in [5.74, 6) is -0.254. The number of benzene rings is 2. The highest BCUT2D eigenvalue weighted by molar-refractivity contribution is 5.87. The number of amides is 1. The number of hydrogen-bond donors (Lipinski definition) is 2. The van der Waals surface area contributed by atoms with Gasteiger partial charge in [0.25, 0.3) is 0 Å². The lowest BCUT2D eigenvalue weighted by Gasteiger charge is -2.43.